The number of methoxy groups -OCH3 is 2. The normalized spacial score (nSPS) is 18.2. The predicted octanol–water partition coefficient (Wildman–Crippen LogP) is 4.32. The number of para-hydroxylation sites is 1. The molecule has 0 bridgehead atoms. The van der Waals surface area contributed by atoms with E-state index in [1.165, 1.54) is 11.8 Å². The van der Waals surface area contributed by atoms with Crippen LogP contribution in [0.2, 0.25) is 0 Å². The second-order valence-corrected chi connectivity index (χ2v) is 8.31. The van der Waals surface area contributed by atoms with Crippen molar-refractivity contribution in [3.63, 3.8) is 0 Å². The maximum absolute atomic E-state index is 13.2. The number of nitriles is 1. The number of benzene rings is 2. The monoisotopic (exact) mass is 451 g/mol. The molecule has 1 atom stereocenters. The molecule has 1 saturated heterocycles. The van der Waals surface area contributed by atoms with Crippen molar-refractivity contribution in [2.24, 2.45) is 0 Å². The van der Waals surface area contributed by atoms with Gasteiger partial charge in [0.15, 0.2) is 11.5 Å². The quantitative estimate of drug-likeness (QED) is 0.647. The standard InChI is InChI=1S/C24H25N3O4S/c1-4-31-17-10-8-16(9-11-17)26-14-27-22(28)12-19(20(13-25)24(27)32-15-26)18-6-5-7-21(29-2)23(18)30-3/h5-11,19H,4,12,14-15H2,1-3H3/t19-/m1/s1. The molecule has 0 N–H and O–H groups in total. The molecule has 0 aromatic heterocycles. The van der Waals surface area contributed by atoms with Crippen LogP contribution in [0.25, 0.3) is 0 Å². The third-order valence-electron chi connectivity index (χ3n) is 5.62. The highest BCUT2D eigenvalue weighted by atomic mass is 32.2. The van der Waals surface area contributed by atoms with Crippen molar-refractivity contribution in [1.29, 1.82) is 5.26 Å². The van der Waals surface area contributed by atoms with Gasteiger partial charge in [0.1, 0.15) is 5.75 Å². The van der Waals surface area contributed by atoms with E-state index in [0.29, 0.717) is 36.2 Å². The Morgan fingerprint density at radius 3 is 2.59 bits per heavy atom. The van der Waals surface area contributed by atoms with Crippen molar-refractivity contribution >= 4 is 23.4 Å². The molecule has 0 radical (unpaired) electrons. The summed E-state index contributed by atoms with van der Waals surface area (Å²) in [5.41, 5.74) is 2.38. The molecule has 2 aromatic carbocycles. The van der Waals surface area contributed by atoms with Crippen LogP contribution in [0, 0.1) is 11.3 Å². The second kappa shape index (κ2) is 9.45. The van der Waals surface area contributed by atoms with Gasteiger partial charge >= 0.3 is 0 Å². The molecule has 166 valence electrons. The summed E-state index contributed by atoms with van der Waals surface area (Å²) in [4.78, 5) is 17.0. The van der Waals surface area contributed by atoms with Gasteiger partial charge in [0, 0.05) is 23.6 Å². The number of allylic oxidation sites excluding steroid dienone is 1. The molecule has 0 aliphatic carbocycles. The first-order valence-corrected chi connectivity index (χ1v) is 11.4. The number of fused-ring (bicyclic) bond motifs is 1. The molecular weight excluding hydrogens is 426 g/mol. The minimum absolute atomic E-state index is 0.0167. The number of carbonyl (C=O) groups excluding carboxylic acids is 1. The number of ether oxygens (including phenoxy) is 3. The van der Waals surface area contributed by atoms with E-state index in [1.807, 2.05) is 49.4 Å². The van der Waals surface area contributed by atoms with Gasteiger partial charge in [-0.05, 0) is 37.3 Å². The molecule has 2 aliphatic heterocycles. The van der Waals surface area contributed by atoms with Crippen LogP contribution < -0.4 is 19.1 Å². The summed E-state index contributed by atoms with van der Waals surface area (Å²) in [6.07, 6.45) is 0.202. The Morgan fingerprint density at radius 2 is 1.94 bits per heavy atom. The van der Waals surface area contributed by atoms with Gasteiger partial charge in [-0.3, -0.25) is 9.69 Å². The molecule has 32 heavy (non-hydrogen) atoms. The van der Waals surface area contributed by atoms with Crippen LogP contribution in [0.15, 0.2) is 53.1 Å². The van der Waals surface area contributed by atoms with Gasteiger partial charge in [-0.1, -0.05) is 23.9 Å². The van der Waals surface area contributed by atoms with Gasteiger partial charge in [-0.2, -0.15) is 5.26 Å². The van der Waals surface area contributed by atoms with E-state index < -0.39 is 0 Å². The SMILES string of the molecule is CCOc1ccc(N2CSC3=C(C#N)[C@@H](c4cccc(OC)c4OC)CC(=O)N3C2)cc1. The topological polar surface area (TPSA) is 75.0 Å². The third kappa shape index (κ3) is 3.96. The molecule has 2 heterocycles. The number of hydrogen-bond donors (Lipinski definition) is 0. The fraction of sp³-hybridized carbons (Fsp3) is 0.333. The smallest absolute Gasteiger partial charge is 0.229 e. The molecule has 7 nitrogen and oxygen atoms in total. The Balaban J connectivity index is 1.64. The van der Waals surface area contributed by atoms with Gasteiger partial charge in [0.05, 0.1) is 50.0 Å². The first kappa shape index (κ1) is 21.9. The third-order valence-corrected chi connectivity index (χ3v) is 6.77. The number of hydrogen-bond acceptors (Lipinski definition) is 7. The summed E-state index contributed by atoms with van der Waals surface area (Å²) in [6, 6.07) is 15.8. The van der Waals surface area contributed by atoms with Crippen LogP contribution in [0.3, 0.4) is 0 Å². The van der Waals surface area contributed by atoms with Crippen molar-refractivity contribution in [2.45, 2.75) is 19.3 Å². The fourth-order valence-electron chi connectivity index (χ4n) is 4.10. The number of carbonyl (C=O) groups is 1. The summed E-state index contributed by atoms with van der Waals surface area (Å²) in [5.74, 6) is 2.22. The summed E-state index contributed by atoms with van der Waals surface area (Å²) >= 11 is 1.51. The molecule has 0 saturated carbocycles. The van der Waals surface area contributed by atoms with E-state index in [4.69, 9.17) is 14.2 Å². The maximum Gasteiger partial charge on any atom is 0.229 e. The lowest BCUT2D eigenvalue weighted by atomic mass is 9.85. The summed E-state index contributed by atoms with van der Waals surface area (Å²) in [7, 11) is 3.15. The van der Waals surface area contributed by atoms with Crippen LogP contribution >= 0.6 is 11.8 Å². The van der Waals surface area contributed by atoms with Gasteiger partial charge in [-0.15, -0.1) is 0 Å². The molecule has 2 aliphatic rings. The zero-order valence-corrected chi connectivity index (χ0v) is 19.1. The van der Waals surface area contributed by atoms with Gasteiger partial charge < -0.3 is 19.1 Å². The van der Waals surface area contributed by atoms with Crippen molar-refractivity contribution < 1.29 is 19.0 Å². The number of anilines is 1. The van der Waals surface area contributed by atoms with E-state index >= 15 is 0 Å². The second-order valence-electron chi connectivity index (χ2n) is 7.37. The highest BCUT2D eigenvalue weighted by molar-refractivity contribution is 8.03. The summed E-state index contributed by atoms with van der Waals surface area (Å²) in [5, 5.41) is 10.8. The highest BCUT2D eigenvalue weighted by Gasteiger charge is 2.39. The van der Waals surface area contributed by atoms with E-state index in [9.17, 15) is 10.1 Å². The van der Waals surface area contributed by atoms with E-state index in [1.54, 1.807) is 19.1 Å². The highest BCUT2D eigenvalue weighted by Crippen LogP contribution is 2.47. The minimum Gasteiger partial charge on any atom is -0.494 e. The number of rotatable bonds is 6. The molecule has 1 fully saturated rings. The van der Waals surface area contributed by atoms with Crippen molar-refractivity contribution in [3.05, 3.63) is 58.6 Å². The first-order valence-electron chi connectivity index (χ1n) is 10.4. The Hall–Kier alpha value is -3.31. The lowest BCUT2D eigenvalue weighted by Gasteiger charge is -2.42. The van der Waals surface area contributed by atoms with Crippen LogP contribution in [0.5, 0.6) is 17.2 Å². The Morgan fingerprint density at radius 1 is 1.16 bits per heavy atom. The van der Waals surface area contributed by atoms with E-state index in [-0.39, 0.29) is 18.2 Å². The summed E-state index contributed by atoms with van der Waals surface area (Å²) < 4.78 is 16.5. The first-order chi connectivity index (χ1) is 15.6. The Labute approximate surface area is 192 Å². The average Bonchev–Trinajstić information content (AvgIpc) is 2.84. The van der Waals surface area contributed by atoms with Crippen molar-refractivity contribution in [3.8, 4) is 23.3 Å². The largest absolute Gasteiger partial charge is 0.494 e. The van der Waals surface area contributed by atoms with Crippen LogP contribution in [-0.2, 0) is 4.79 Å². The maximum atomic E-state index is 13.2. The molecule has 0 spiro atoms. The number of amides is 1. The van der Waals surface area contributed by atoms with Crippen molar-refractivity contribution in [2.75, 3.05) is 38.3 Å². The van der Waals surface area contributed by atoms with Crippen LogP contribution in [0.4, 0.5) is 5.69 Å². The number of thioether (sulfide) groups is 1. The zero-order valence-electron chi connectivity index (χ0n) is 18.3. The molecule has 8 heteroatoms. The molecular formula is C24H25N3O4S. The number of nitrogens with zero attached hydrogens (tertiary/aromatic N) is 3. The summed E-state index contributed by atoms with van der Waals surface area (Å²) in [6.45, 7) is 2.97. The van der Waals surface area contributed by atoms with Gasteiger partial charge in [0.25, 0.3) is 0 Å². The molecule has 4 rings (SSSR count). The Bertz CT molecular complexity index is 1080. The lowest BCUT2D eigenvalue weighted by molar-refractivity contribution is -0.129. The molecule has 1 amide bonds. The van der Waals surface area contributed by atoms with E-state index in [0.717, 1.165) is 22.0 Å². The van der Waals surface area contributed by atoms with Crippen LogP contribution in [-0.4, -0.2) is 44.2 Å². The van der Waals surface area contributed by atoms with E-state index in [2.05, 4.69) is 11.0 Å². The Kier molecular flexibility index (Phi) is 6.47. The van der Waals surface area contributed by atoms with Gasteiger partial charge in [-0.25, -0.2) is 0 Å². The van der Waals surface area contributed by atoms with Gasteiger partial charge in [0.2, 0.25) is 5.91 Å². The lowest BCUT2D eigenvalue weighted by Crippen LogP contribution is -2.47. The zero-order chi connectivity index (χ0) is 22.7. The average molecular weight is 452 g/mol. The molecule has 2 aromatic rings. The fourth-order valence-corrected chi connectivity index (χ4v) is 5.27. The molecule has 0 unspecified atom stereocenters. The van der Waals surface area contributed by atoms with Crippen LogP contribution in [0.1, 0.15) is 24.8 Å². The van der Waals surface area contributed by atoms with Crippen molar-refractivity contribution in [1.82, 2.24) is 4.90 Å². The minimum atomic E-state index is -0.367. The predicted molar refractivity (Wildman–Crippen MR) is 124 cm³/mol.